The first-order valence-electron chi connectivity index (χ1n) is 4.34. The summed E-state index contributed by atoms with van der Waals surface area (Å²) in [5.41, 5.74) is 0.851. The van der Waals surface area contributed by atoms with Crippen molar-refractivity contribution in [3.63, 3.8) is 0 Å². The lowest BCUT2D eigenvalue weighted by molar-refractivity contribution is 0.425. The monoisotopic (exact) mass is 258 g/mol. The Labute approximate surface area is 96.5 Å². The van der Waals surface area contributed by atoms with Gasteiger partial charge in [-0.3, -0.25) is 4.98 Å². The van der Waals surface area contributed by atoms with E-state index in [2.05, 4.69) is 10.1 Å². The number of hydrogen-bond acceptors (Lipinski definition) is 5. The zero-order chi connectivity index (χ0) is 11.6. The minimum atomic E-state index is -3.62. The summed E-state index contributed by atoms with van der Waals surface area (Å²) in [5.74, 6) is 0.0566. The maximum atomic E-state index is 10.8. The Morgan fingerprint density at radius 1 is 1.38 bits per heavy atom. The van der Waals surface area contributed by atoms with Gasteiger partial charge in [0.05, 0.1) is 0 Å². The number of rotatable bonds is 3. The van der Waals surface area contributed by atoms with Crippen LogP contribution in [0, 0.1) is 0 Å². The third kappa shape index (κ3) is 2.80. The van der Waals surface area contributed by atoms with Crippen LogP contribution in [0.25, 0.3) is 11.5 Å². The molecule has 0 bridgehead atoms. The normalized spacial score (nSPS) is 11.6. The van der Waals surface area contributed by atoms with E-state index < -0.39 is 9.05 Å². The van der Waals surface area contributed by atoms with Crippen LogP contribution in [-0.2, 0) is 14.8 Å². The molecule has 0 aliphatic heterocycles. The van der Waals surface area contributed by atoms with Gasteiger partial charge in [0.2, 0.25) is 9.05 Å². The quantitative estimate of drug-likeness (QED) is 0.785. The molecule has 0 aliphatic rings. The van der Waals surface area contributed by atoms with Crippen LogP contribution in [0.4, 0.5) is 0 Å². The molecule has 2 heterocycles. The number of halogens is 1. The van der Waals surface area contributed by atoms with E-state index >= 15 is 0 Å². The molecule has 0 aromatic carbocycles. The Bertz CT molecular complexity index is 580. The summed E-state index contributed by atoms with van der Waals surface area (Å²) in [5, 5.41) is 3.60. The van der Waals surface area contributed by atoms with Crippen molar-refractivity contribution in [3.05, 3.63) is 36.2 Å². The van der Waals surface area contributed by atoms with Crippen molar-refractivity contribution in [2.24, 2.45) is 0 Å². The highest BCUT2D eigenvalue weighted by molar-refractivity contribution is 8.13. The molecule has 16 heavy (non-hydrogen) atoms. The van der Waals surface area contributed by atoms with Gasteiger partial charge in [-0.25, -0.2) is 8.42 Å². The molecule has 0 saturated carbocycles. The van der Waals surface area contributed by atoms with E-state index in [0.717, 1.165) is 0 Å². The lowest BCUT2D eigenvalue weighted by Gasteiger charge is -1.90. The molecule has 0 atom stereocenters. The highest BCUT2D eigenvalue weighted by Gasteiger charge is 2.13. The van der Waals surface area contributed by atoms with Gasteiger partial charge in [-0.15, -0.1) is 0 Å². The van der Waals surface area contributed by atoms with Gasteiger partial charge in [0.15, 0.2) is 5.76 Å². The van der Waals surface area contributed by atoms with Crippen LogP contribution in [0.5, 0.6) is 0 Å². The van der Waals surface area contributed by atoms with Crippen LogP contribution in [0.2, 0.25) is 0 Å². The summed E-state index contributed by atoms with van der Waals surface area (Å²) < 4.78 is 26.6. The predicted octanol–water partition coefficient (Wildman–Crippen LogP) is 1.81. The molecular weight excluding hydrogens is 252 g/mol. The minimum Gasteiger partial charge on any atom is -0.354 e. The summed E-state index contributed by atoms with van der Waals surface area (Å²) in [7, 11) is 1.48. The summed E-state index contributed by atoms with van der Waals surface area (Å²) in [6.07, 6.45) is 1.61. The van der Waals surface area contributed by atoms with Gasteiger partial charge in [-0.1, -0.05) is 11.2 Å². The maximum Gasteiger partial charge on any atom is 0.238 e. The van der Waals surface area contributed by atoms with E-state index in [9.17, 15) is 8.42 Å². The van der Waals surface area contributed by atoms with Crippen molar-refractivity contribution in [2.75, 3.05) is 0 Å². The summed E-state index contributed by atoms with van der Waals surface area (Å²) in [4.78, 5) is 4.04. The molecule has 0 fully saturated rings. The Kier molecular flexibility index (Phi) is 2.93. The SMILES string of the molecule is O=S(=O)(Cl)Cc1cc(-c2ccccn2)on1. The molecule has 0 amide bonds. The summed E-state index contributed by atoms with van der Waals surface area (Å²) in [6, 6.07) is 6.80. The molecule has 0 saturated heterocycles. The minimum absolute atomic E-state index is 0.260. The van der Waals surface area contributed by atoms with E-state index in [-0.39, 0.29) is 11.4 Å². The fourth-order valence-electron chi connectivity index (χ4n) is 1.19. The molecule has 0 aliphatic carbocycles. The Morgan fingerprint density at radius 2 is 2.19 bits per heavy atom. The fourth-order valence-corrected chi connectivity index (χ4v) is 2.01. The van der Waals surface area contributed by atoms with E-state index in [0.29, 0.717) is 11.5 Å². The van der Waals surface area contributed by atoms with Crippen LogP contribution in [0.3, 0.4) is 0 Å². The Morgan fingerprint density at radius 3 is 2.81 bits per heavy atom. The number of pyridine rings is 1. The molecule has 0 N–H and O–H groups in total. The Balaban J connectivity index is 2.27. The first-order chi connectivity index (χ1) is 7.54. The second-order valence-electron chi connectivity index (χ2n) is 3.08. The fraction of sp³-hybridized carbons (Fsp3) is 0.111. The van der Waals surface area contributed by atoms with Crippen LogP contribution < -0.4 is 0 Å². The van der Waals surface area contributed by atoms with Crippen molar-refractivity contribution in [1.82, 2.24) is 10.1 Å². The van der Waals surface area contributed by atoms with Gasteiger partial charge in [-0.2, -0.15) is 0 Å². The first-order valence-corrected chi connectivity index (χ1v) is 6.82. The van der Waals surface area contributed by atoms with Crippen molar-refractivity contribution >= 4 is 19.7 Å². The van der Waals surface area contributed by atoms with Crippen LogP contribution in [0.15, 0.2) is 35.0 Å². The average Bonchev–Trinajstić information content (AvgIpc) is 2.65. The van der Waals surface area contributed by atoms with Gasteiger partial charge in [0.25, 0.3) is 0 Å². The lowest BCUT2D eigenvalue weighted by Crippen LogP contribution is -1.94. The van der Waals surface area contributed by atoms with E-state index in [1.807, 2.05) is 0 Å². The van der Waals surface area contributed by atoms with Gasteiger partial charge < -0.3 is 4.52 Å². The van der Waals surface area contributed by atoms with Gasteiger partial charge in [0.1, 0.15) is 17.1 Å². The molecule has 2 rings (SSSR count). The Hall–Kier alpha value is -1.40. The molecule has 7 heteroatoms. The van der Waals surface area contributed by atoms with Gasteiger partial charge in [-0.05, 0) is 12.1 Å². The first kappa shape index (κ1) is 11.1. The van der Waals surface area contributed by atoms with Crippen molar-refractivity contribution in [1.29, 1.82) is 0 Å². The topological polar surface area (TPSA) is 73.1 Å². The molecule has 0 unspecified atom stereocenters. The van der Waals surface area contributed by atoms with Gasteiger partial charge >= 0.3 is 0 Å². The third-order valence-corrected chi connectivity index (χ3v) is 2.76. The second-order valence-corrected chi connectivity index (χ2v) is 5.86. The summed E-state index contributed by atoms with van der Waals surface area (Å²) >= 11 is 0. The molecule has 0 radical (unpaired) electrons. The number of aromatic nitrogens is 2. The third-order valence-electron chi connectivity index (χ3n) is 1.80. The molecular formula is C9H7ClN2O3S. The second kappa shape index (κ2) is 4.23. The van der Waals surface area contributed by atoms with Crippen molar-refractivity contribution in [2.45, 2.75) is 5.75 Å². The van der Waals surface area contributed by atoms with Crippen molar-refractivity contribution < 1.29 is 12.9 Å². The smallest absolute Gasteiger partial charge is 0.238 e. The molecule has 84 valence electrons. The molecule has 2 aromatic rings. The van der Waals surface area contributed by atoms with E-state index in [1.54, 1.807) is 24.4 Å². The van der Waals surface area contributed by atoms with Crippen molar-refractivity contribution in [3.8, 4) is 11.5 Å². The lowest BCUT2D eigenvalue weighted by atomic mass is 10.3. The van der Waals surface area contributed by atoms with E-state index in [1.165, 1.54) is 6.07 Å². The van der Waals surface area contributed by atoms with Crippen LogP contribution in [0.1, 0.15) is 5.69 Å². The number of nitrogens with zero attached hydrogens (tertiary/aromatic N) is 2. The largest absolute Gasteiger partial charge is 0.354 e. The zero-order valence-corrected chi connectivity index (χ0v) is 9.57. The molecule has 2 aromatic heterocycles. The highest BCUT2D eigenvalue weighted by atomic mass is 35.7. The van der Waals surface area contributed by atoms with E-state index in [4.69, 9.17) is 15.2 Å². The van der Waals surface area contributed by atoms with Crippen LogP contribution in [-0.4, -0.2) is 18.6 Å². The number of hydrogen-bond donors (Lipinski definition) is 0. The predicted molar refractivity (Wildman–Crippen MR) is 58.2 cm³/mol. The molecule has 0 spiro atoms. The van der Waals surface area contributed by atoms with Crippen LogP contribution >= 0.6 is 10.7 Å². The average molecular weight is 259 g/mol. The molecule has 5 nitrogen and oxygen atoms in total. The standard InChI is InChI=1S/C9H7ClN2O3S/c10-16(13,14)6-7-5-9(15-12-7)8-3-1-2-4-11-8/h1-5H,6H2. The maximum absolute atomic E-state index is 10.8. The summed E-state index contributed by atoms with van der Waals surface area (Å²) in [6.45, 7) is 0. The zero-order valence-electron chi connectivity index (χ0n) is 8.00. The highest BCUT2D eigenvalue weighted by Crippen LogP contribution is 2.19. The van der Waals surface area contributed by atoms with Gasteiger partial charge in [0, 0.05) is 22.9 Å².